The molecule has 2 aliphatic heterocycles. The van der Waals surface area contributed by atoms with E-state index in [9.17, 15) is 0 Å². The molecule has 2 saturated heterocycles. The van der Waals surface area contributed by atoms with Gasteiger partial charge in [-0.3, -0.25) is 0 Å². The second-order valence-corrected chi connectivity index (χ2v) is 8.34. The maximum atomic E-state index is 5.50. The second kappa shape index (κ2) is 11.9. The first-order chi connectivity index (χ1) is 13.6. The predicted octanol–water partition coefficient (Wildman–Crippen LogP) is 3.90. The lowest BCUT2D eigenvalue weighted by molar-refractivity contribution is 0.122. The molecule has 0 saturated carbocycles. The third-order valence-corrected chi connectivity index (χ3v) is 5.85. The van der Waals surface area contributed by atoms with Gasteiger partial charge in [-0.15, -0.1) is 24.0 Å². The lowest BCUT2D eigenvalue weighted by Crippen LogP contribution is -2.49. The summed E-state index contributed by atoms with van der Waals surface area (Å²) in [6.07, 6.45) is 6.97. The lowest BCUT2D eigenvalue weighted by Gasteiger charge is -2.42. The number of morpholine rings is 1. The maximum Gasteiger partial charge on any atom is 0.194 e. The Morgan fingerprint density at radius 2 is 2.07 bits per heavy atom. The summed E-state index contributed by atoms with van der Waals surface area (Å²) in [6.45, 7) is 13.9. The topological polar surface area (TPSA) is 53.0 Å². The molecule has 2 aliphatic rings. The van der Waals surface area contributed by atoms with E-state index in [1.54, 1.807) is 0 Å². The zero-order valence-corrected chi connectivity index (χ0v) is 20.7. The number of guanidine groups is 1. The number of ether oxygens (including phenoxy) is 1. The molecular weight excluding hydrogens is 477 g/mol. The van der Waals surface area contributed by atoms with Crippen LogP contribution in [-0.2, 0) is 11.3 Å². The van der Waals surface area contributed by atoms with Gasteiger partial charge in [-0.25, -0.2) is 9.98 Å². The molecule has 0 radical (unpaired) electrons. The largest absolute Gasteiger partial charge is 0.378 e. The molecule has 6 nitrogen and oxygen atoms in total. The number of rotatable bonds is 6. The van der Waals surface area contributed by atoms with E-state index in [0.717, 1.165) is 57.7 Å². The number of piperidine rings is 1. The molecule has 0 amide bonds. The first-order valence-corrected chi connectivity index (χ1v) is 10.9. The minimum Gasteiger partial charge on any atom is -0.378 e. The van der Waals surface area contributed by atoms with Gasteiger partial charge in [0.25, 0.3) is 0 Å². The monoisotopic (exact) mass is 515 g/mol. The fraction of sp³-hybridized carbons (Fsp3) is 0.727. The minimum atomic E-state index is 0. The average molecular weight is 515 g/mol. The van der Waals surface area contributed by atoms with Crippen LogP contribution in [0.3, 0.4) is 0 Å². The molecule has 0 bridgehead atoms. The van der Waals surface area contributed by atoms with Crippen LogP contribution < -0.4 is 10.2 Å². The van der Waals surface area contributed by atoms with E-state index in [1.165, 1.54) is 31.2 Å². The molecule has 2 fully saturated rings. The summed E-state index contributed by atoms with van der Waals surface area (Å²) in [5, 5.41) is 3.52. The Balaban J connectivity index is 0.00000300. The smallest absolute Gasteiger partial charge is 0.194 e. The van der Waals surface area contributed by atoms with Crippen LogP contribution in [-0.4, -0.2) is 61.8 Å². The summed E-state index contributed by atoms with van der Waals surface area (Å²) in [4.78, 5) is 14.5. The molecule has 1 N–H and O–H groups in total. The van der Waals surface area contributed by atoms with Crippen LogP contribution in [0.5, 0.6) is 0 Å². The van der Waals surface area contributed by atoms with Crippen LogP contribution in [0.4, 0.5) is 5.82 Å². The van der Waals surface area contributed by atoms with Gasteiger partial charge in [0.2, 0.25) is 0 Å². The van der Waals surface area contributed by atoms with Gasteiger partial charge in [0.1, 0.15) is 5.82 Å². The Hall–Kier alpha value is -1.09. The fourth-order valence-electron chi connectivity index (χ4n) is 4.50. The zero-order valence-electron chi connectivity index (χ0n) is 18.3. The van der Waals surface area contributed by atoms with E-state index in [0.29, 0.717) is 12.0 Å². The normalized spacial score (nSPS) is 22.9. The van der Waals surface area contributed by atoms with Crippen molar-refractivity contribution >= 4 is 35.8 Å². The standard InChI is InChI=1S/C22H37N5O.HI/c1-4-9-22(3)10-7-12-27(18-22)21(23-5-2)25-17-19-8-6-11-24-20(19)26-13-15-28-16-14-26;/h6,8,11H,4-5,7,9-10,12-18H2,1-3H3,(H,23,25);1H. The van der Waals surface area contributed by atoms with E-state index < -0.39 is 0 Å². The highest BCUT2D eigenvalue weighted by Crippen LogP contribution is 2.34. The molecular formula is C22H38IN5O. The molecule has 7 heteroatoms. The molecule has 0 spiro atoms. The number of likely N-dealkylation sites (tertiary alicyclic amines) is 1. The van der Waals surface area contributed by atoms with Crippen LogP contribution in [0.1, 0.15) is 52.0 Å². The van der Waals surface area contributed by atoms with Crippen LogP contribution in [0.2, 0.25) is 0 Å². The van der Waals surface area contributed by atoms with Crippen LogP contribution in [0.25, 0.3) is 0 Å². The molecule has 1 atom stereocenters. The number of anilines is 1. The van der Waals surface area contributed by atoms with Gasteiger partial charge in [0.05, 0.1) is 19.8 Å². The van der Waals surface area contributed by atoms with Gasteiger partial charge in [-0.1, -0.05) is 26.3 Å². The Labute approximate surface area is 193 Å². The predicted molar refractivity (Wildman–Crippen MR) is 131 cm³/mol. The van der Waals surface area contributed by atoms with Gasteiger partial charge < -0.3 is 19.9 Å². The molecule has 1 aromatic heterocycles. The van der Waals surface area contributed by atoms with E-state index in [2.05, 4.69) is 46.9 Å². The number of nitrogens with zero attached hydrogens (tertiary/aromatic N) is 4. The maximum absolute atomic E-state index is 5.50. The van der Waals surface area contributed by atoms with Gasteiger partial charge in [0, 0.05) is 44.5 Å². The number of aromatic nitrogens is 1. The Morgan fingerprint density at radius 1 is 1.28 bits per heavy atom. The molecule has 29 heavy (non-hydrogen) atoms. The SMILES string of the molecule is CCCC1(C)CCCN(C(=NCc2cccnc2N2CCOCC2)NCC)C1.I. The van der Waals surface area contributed by atoms with Crippen molar-refractivity contribution in [3.63, 3.8) is 0 Å². The zero-order chi connectivity index (χ0) is 19.8. The van der Waals surface area contributed by atoms with Crippen LogP contribution >= 0.6 is 24.0 Å². The lowest BCUT2D eigenvalue weighted by atomic mass is 9.78. The molecule has 1 aromatic rings. The van der Waals surface area contributed by atoms with E-state index in [1.807, 2.05) is 12.3 Å². The Bertz CT molecular complexity index is 646. The van der Waals surface area contributed by atoms with Crippen molar-refractivity contribution in [2.24, 2.45) is 10.4 Å². The van der Waals surface area contributed by atoms with Gasteiger partial charge >= 0.3 is 0 Å². The number of pyridine rings is 1. The number of halogens is 1. The highest BCUT2D eigenvalue weighted by atomic mass is 127. The van der Waals surface area contributed by atoms with E-state index in [-0.39, 0.29) is 24.0 Å². The highest BCUT2D eigenvalue weighted by molar-refractivity contribution is 14.0. The number of aliphatic imine (C=N–C) groups is 1. The Kier molecular flexibility index (Phi) is 9.95. The summed E-state index contributed by atoms with van der Waals surface area (Å²) >= 11 is 0. The van der Waals surface area contributed by atoms with Crippen LogP contribution in [0.15, 0.2) is 23.3 Å². The van der Waals surface area contributed by atoms with Gasteiger partial charge in [-0.05, 0) is 37.7 Å². The van der Waals surface area contributed by atoms with Crippen molar-refractivity contribution in [1.82, 2.24) is 15.2 Å². The van der Waals surface area contributed by atoms with E-state index >= 15 is 0 Å². The first-order valence-electron chi connectivity index (χ1n) is 10.9. The van der Waals surface area contributed by atoms with Crippen molar-refractivity contribution < 1.29 is 4.74 Å². The van der Waals surface area contributed by atoms with Crippen molar-refractivity contribution in [2.75, 3.05) is 50.8 Å². The number of hydrogen-bond donors (Lipinski definition) is 1. The van der Waals surface area contributed by atoms with Crippen molar-refractivity contribution in [1.29, 1.82) is 0 Å². The number of hydrogen-bond acceptors (Lipinski definition) is 4. The summed E-state index contributed by atoms with van der Waals surface area (Å²) < 4.78 is 5.50. The van der Waals surface area contributed by atoms with Crippen LogP contribution in [0, 0.1) is 5.41 Å². The molecule has 0 aliphatic carbocycles. The molecule has 1 unspecified atom stereocenters. The Morgan fingerprint density at radius 3 is 2.79 bits per heavy atom. The molecule has 0 aromatic carbocycles. The third-order valence-electron chi connectivity index (χ3n) is 5.85. The third kappa shape index (κ3) is 6.70. The van der Waals surface area contributed by atoms with Gasteiger partial charge in [-0.2, -0.15) is 0 Å². The molecule has 3 heterocycles. The number of nitrogens with one attached hydrogen (secondary N) is 1. The van der Waals surface area contributed by atoms with Crippen molar-refractivity contribution in [3.05, 3.63) is 23.9 Å². The average Bonchev–Trinajstić information content (AvgIpc) is 2.72. The first kappa shape index (κ1) is 24.2. The quantitative estimate of drug-likeness (QED) is 0.354. The molecule has 3 rings (SSSR count). The van der Waals surface area contributed by atoms with Crippen molar-refractivity contribution in [3.8, 4) is 0 Å². The van der Waals surface area contributed by atoms with Crippen molar-refractivity contribution in [2.45, 2.75) is 53.0 Å². The second-order valence-electron chi connectivity index (χ2n) is 8.34. The molecule has 164 valence electrons. The summed E-state index contributed by atoms with van der Waals surface area (Å²) in [5.41, 5.74) is 1.59. The summed E-state index contributed by atoms with van der Waals surface area (Å²) in [7, 11) is 0. The fourth-order valence-corrected chi connectivity index (χ4v) is 4.50. The summed E-state index contributed by atoms with van der Waals surface area (Å²) in [5.74, 6) is 2.10. The van der Waals surface area contributed by atoms with Gasteiger partial charge in [0.15, 0.2) is 5.96 Å². The summed E-state index contributed by atoms with van der Waals surface area (Å²) in [6, 6.07) is 4.17. The van der Waals surface area contributed by atoms with E-state index in [4.69, 9.17) is 9.73 Å². The minimum absolute atomic E-state index is 0. The highest BCUT2D eigenvalue weighted by Gasteiger charge is 2.31.